The molecule has 0 bridgehead atoms. The Balaban J connectivity index is 2.33. The van der Waals surface area contributed by atoms with E-state index in [-0.39, 0.29) is 30.2 Å². The molecule has 8 nitrogen and oxygen atoms in total. The van der Waals surface area contributed by atoms with E-state index < -0.39 is 21.8 Å². The average molecular weight is 318 g/mol. The summed E-state index contributed by atoms with van der Waals surface area (Å²) < 4.78 is 27.0. The molecule has 0 unspecified atom stereocenters. The van der Waals surface area contributed by atoms with Crippen LogP contribution < -0.4 is 10.6 Å². The van der Waals surface area contributed by atoms with Gasteiger partial charge in [0.2, 0.25) is 0 Å². The molecule has 0 aliphatic carbocycles. The summed E-state index contributed by atoms with van der Waals surface area (Å²) in [5.74, 6) is -0.483. The zero-order chi connectivity index (χ0) is 16.0. The molecule has 0 aliphatic rings. The summed E-state index contributed by atoms with van der Waals surface area (Å²) in [6.07, 6.45) is 1.46. The minimum atomic E-state index is -3.03. The number of carboxylic acid groups (broad SMARTS) is 1. The second-order valence-corrected chi connectivity index (χ2v) is 6.84. The molecule has 118 valence electrons. The Hall–Kier alpha value is -2.03. The van der Waals surface area contributed by atoms with Crippen molar-refractivity contribution in [3.63, 3.8) is 0 Å². The maximum Gasteiger partial charge on any atom is 0.339 e. The van der Waals surface area contributed by atoms with Gasteiger partial charge in [-0.2, -0.15) is 0 Å². The number of carboxylic acids is 1. The van der Waals surface area contributed by atoms with Crippen LogP contribution >= 0.6 is 0 Å². The van der Waals surface area contributed by atoms with Gasteiger partial charge in [0, 0.05) is 12.8 Å². The van der Waals surface area contributed by atoms with Crippen LogP contribution in [0, 0.1) is 6.92 Å². The van der Waals surface area contributed by atoms with Gasteiger partial charge in [-0.3, -0.25) is 0 Å². The van der Waals surface area contributed by atoms with E-state index in [9.17, 15) is 18.0 Å². The number of aromatic carboxylic acids is 1. The van der Waals surface area contributed by atoms with Gasteiger partial charge in [0.25, 0.3) is 0 Å². The number of nitrogens with one attached hydrogen (secondary N) is 2. The van der Waals surface area contributed by atoms with Gasteiger partial charge in [0.05, 0.1) is 12.3 Å². The standard InChI is InChI=1S/C12H18N2O6S/c1-8-10(11(15)16)6-9(20-8)7-14-12(17)13-4-3-5-21(2,18)19/h6H,3-5,7H2,1-2H3,(H,15,16)(H2,13,14,17). The highest BCUT2D eigenvalue weighted by Gasteiger charge is 2.14. The number of furan rings is 1. The highest BCUT2D eigenvalue weighted by Crippen LogP contribution is 2.14. The Morgan fingerprint density at radius 1 is 1.33 bits per heavy atom. The first-order valence-electron chi connectivity index (χ1n) is 6.21. The second-order valence-electron chi connectivity index (χ2n) is 4.58. The normalized spacial score (nSPS) is 11.1. The molecule has 0 aromatic carbocycles. The Morgan fingerprint density at radius 2 is 2.00 bits per heavy atom. The van der Waals surface area contributed by atoms with E-state index in [1.54, 1.807) is 0 Å². The van der Waals surface area contributed by atoms with Gasteiger partial charge in [-0.15, -0.1) is 0 Å². The maximum absolute atomic E-state index is 11.4. The zero-order valence-corrected chi connectivity index (χ0v) is 12.6. The van der Waals surface area contributed by atoms with Crippen LogP contribution in [0.15, 0.2) is 10.5 Å². The van der Waals surface area contributed by atoms with Crippen molar-refractivity contribution in [2.24, 2.45) is 0 Å². The molecule has 0 aliphatic heterocycles. The molecule has 0 fully saturated rings. The van der Waals surface area contributed by atoms with E-state index in [0.717, 1.165) is 6.26 Å². The van der Waals surface area contributed by atoms with E-state index in [2.05, 4.69) is 10.6 Å². The molecule has 0 atom stereocenters. The molecule has 0 saturated heterocycles. The first-order valence-corrected chi connectivity index (χ1v) is 8.27. The minimum Gasteiger partial charge on any atom is -0.478 e. The first kappa shape index (κ1) is 17.0. The van der Waals surface area contributed by atoms with Crippen molar-refractivity contribution in [1.82, 2.24) is 10.6 Å². The lowest BCUT2D eigenvalue weighted by atomic mass is 10.2. The predicted molar refractivity (Wildman–Crippen MR) is 75.0 cm³/mol. The molecular formula is C12H18N2O6S. The molecule has 21 heavy (non-hydrogen) atoms. The van der Waals surface area contributed by atoms with Gasteiger partial charge in [-0.25, -0.2) is 18.0 Å². The van der Waals surface area contributed by atoms with Crippen LogP contribution in [0.2, 0.25) is 0 Å². The van der Waals surface area contributed by atoms with Gasteiger partial charge in [0.15, 0.2) is 0 Å². The SMILES string of the molecule is Cc1oc(CNC(=O)NCCCS(C)(=O)=O)cc1C(=O)O. The van der Waals surface area contributed by atoms with Crippen LogP contribution in [-0.4, -0.2) is 44.1 Å². The number of sulfone groups is 1. The van der Waals surface area contributed by atoms with Crippen molar-refractivity contribution in [1.29, 1.82) is 0 Å². The molecule has 0 radical (unpaired) electrons. The van der Waals surface area contributed by atoms with Gasteiger partial charge >= 0.3 is 12.0 Å². The Labute approximate surface area is 122 Å². The number of amides is 2. The number of rotatable bonds is 7. The third-order valence-corrected chi connectivity index (χ3v) is 3.63. The van der Waals surface area contributed by atoms with Crippen molar-refractivity contribution < 1.29 is 27.5 Å². The van der Waals surface area contributed by atoms with Gasteiger partial charge in [0.1, 0.15) is 26.9 Å². The van der Waals surface area contributed by atoms with Crippen molar-refractivity contribution in [2.45, 2.75) is 19.9 Å². The van der Waals surface area contributed by atoms with Gasteiger partial charge < -0.3 is 20.2 Å². The van der Waals surface area contributed by atoms with Crippen LogP contribution in [-0.2, 0) is 16.4 Å². The van der Waals surface area contributed by atoms with Gasteiger partial charge in [-0.05, 0) is 19.4 Å². The molecule has 2 amide bonds. The summed E-state index contributed by atoms with van der Waals surface area (Å²) >= 11 is 0. The number of hydrogen-bond acceptors (Lipinski definition) is 5. The van der Waals surface area contributed by atoms with Crippen molar-refractivity contribution in [3.8, 4) is 0 Å². The average Bonchev–Trinajstić information content (AvgIpc) is 2.72. The molecule has 1 heterocycles. The molecule has 1 aromatic rings. The van der Waals surface area contributed by atoms with E-state index in [1.165, 1.54) is 13.0 Å². The summed E-state index contributed by atoms with van der Waals surface area (Å²) in [7, 11) is -3.03. The summed E-state index contributed by atoms with van der Waals surface area (Å²) in [5.41, 5.74) is 0.0559. The highest BCUT2D eigenvalue weighted by molar-refractivity contribution is 7.90. The predicted octanol–water partition coefficient (Wildman–Crippen LogP) is 0.520. The number of aryl methyl sites for hydroxylation is 1. The summed E-state index contributed by atoms with van der Waals surface area (Å²) in [4.78, 5) is 22.3. The van der Waals surface area contributed by atoms with Crippen LogP contribution in [0.1, 0.15) is 28.3 Å². The van der Waals surface area contributed by atoms with Crippen LogP contribution in [0.4, 0.5) is 4.79 Å². The summed E-state index contributed by atoms with van der Waals surface area (Å²) in [5, 5.41) is 13.8. The number of carbonyl (C=O) groups is 2. The third kappa shape index (κ3) is 6.30. The monoisotopic (exact) mass is 318 g/mol. The van der Waals surface area contributed by atoms with Crippen molar-refractivity contribution >= 4 is 21.8 Å². The highest BCUT2D eigenvalue weighted by atomic mass is 32.2. The third-order valence-electron chi connectivity index (χ3n) is 2.60. The molecular weight excluding hydrogens is 300 g/mol. The fourth-order valence-corrected chi connectivity index (χ4v) is 2.28. The van der Waals surface area contributed by atoms with E-state index in [4.69, 9.17) is 9.52 Å². The van der Waals surface area contributed by atoms with Crippen LogP contribution in [0.3, 0.4) is 0 Å². The molecule has 1 aromatic heterocycles. The summed E-state index contributed by atoms with van der Waals surface area (Å²) in [6.45, 7) is 1.81. The number of carbonyl (C=O) groups excluding carboxylic acids is 1. The Bertz CT molecular complexity index is 620. The summed E-state index contributed by atoms with van der Waals surface area (Å²) in [6, 6.07) is 0.871. The molecule has 1 rings (SSSR count). The van der Waals surface area contributed by atoms with E-state index in [0.29, 0.717) is 12.2 Å². The largest absolute Gasteiger partial charge is 0.478 e. The van der Waals surface area contributed by atoms with Crippen LogP contribution in [0.5, 0.6) is 0 Å². The van der Waals surface area contributed by atoms with E-state index in [1.807, 2.05) is 0 Å². The smallest absolute Gasteiger partial charge is 0.339 e. The fourth-order valence-electron chi connectivity index (χ4n) is 1.61. The fraction of sp³-hybridized carbons (Fsp3) is 0.500. The van der Waals surface area contributed by atoms with Crippen LogP contribution in [0.25, 0.3) is 0 Å². The minimum absolute atomic E-state index is 0.00658. The number of hydrogen-bond donors (Lipinski definition) is 3. The molecule has 3 N–H and O–H groups in total. The Morgan fingerprint density at radius 3 is 2.52 bits per heavy atom. The van der Waals surface area contributed by atoms with Crippen molar-refractivity contribution in [2.75, 3.05) is 18.6 Å². The van der Waals surface area contributed by atoms with E-state index >= 15 is 0 Å². The lowest BCUT2D eigenvalue weighted by Crippen LogP contribution is -2.36. The lowest BCUT2D eigenvalue weighted by Gasteiger charge is -2.05. The molecule has 9 heteroatoms. The second kappa shape index (κ2) is 7.11. The first-order chi connectivity index (χ1) is 9.69. The van der Waals surface area contributed by atoms with Crippen molar-refractivity contribution in [3.05, 3.63) is 23.2 Å². The molecule has 0 spiro atoms. The number of urea groups is 1. The maximum atomic E-state index is 11.4. The lowest BCUT2D eigenvalue weighted by molar-refractivity contribution is 0.0695. The molecule has 0 saturated carbocycles. The Kier molecular flexibility index (Phi) is 5.77. The topological polar surface area (TPSA) is 126 Å². The quantitative estimate of drug-likeness (QED) is 0.629. The zero-order valence-electron chi connectivity index (χ0n) is 11.8. The van der Waals surface area contributed by atoms with Gasteiger partial charge in [-0.1, -0.05) is 0 Å².